The number of carbonyl (C=O) groups is 1. The number of carboxylic acid groups (broad SMARTS) is 1. The van der Waals surface area contributed by atoms with Crippen molar-refractivity contribution < 1.29 is 9.90 Å². The average Bonchev–Trinajstić information content (AvgIpc) is 3.12. The smallest absolute Gasteiger partial charge is 0.337 e. The zero-order chi connectivity index (χ0) is 14.5. The molecule has 0 bridgehead atoms. The Morgan fingerprint density at radius 1 is 1.40 bits per heavy atom. The number of hydrogen-bond acceptors (Lipinski definition) is 3. The molecule has 1 saturated carbocycles. The Morgan fingerprint density at radius 3 is 2.70 bits per heavy atom. The van der Waals surface area contributed by atoms with Crippen LogP contribution in [0, 0.1) is 5.41 Å². The van der Waals surface area contributed by atoms with Crippen LogP contribution in [0.3, 0.4) is 0 Å². The topological polar surface area (TPSA) is 92.2 Å². The van der Waals surface area contributed by atoms with E-state index >= 15 is 0 Å². The number of aromatic amines is 1. The van der Waals surface area contributed by atoms with Crippen molar-refractivity contribution in [3.63, 3.8) is 0 Å². The molecule has 0 amide bonds. The van der Waals surface area contributed by atoms with Gasteiger partial charge in [0.15, 0.2) is 0 Å². The van der Waals surface area contributed by atoms with E-state index in [2.05, 4.69) is 4.98 Å². The lowest BCUT2D eigenvalue weighted by Gasteiger charge is -2.15. The van der Waals surface area contributed by atoms with Crippen molar-refractivity contribution in [1.82, 2.24) is 9.55 Å². The second-order valence-corrected chi connectivity index (χ2v) is 5.66. The number of hydrogen-bond donors (Lipinski definition) is 2. The minimum Gasteiger partial charge on any atom is -0.478 e. The molecular weight excluding hydrogens is 260 g/mol. The van der Waals surface area contributed by atoms with Gasteiger partial charge in [0.2, 0.25) is 0 Å². The first-order chi connectivity index (χ1) is 9.41. The van der Waals surface area contributed by atoms with E-state index < -0.39 is 17.1 Å². The molecule has 0 aliphatic heterocycles. The Balaban J connectivity index is 2.39. The highest BCUT2D eigenvalue weighted by Gasteiger charge is 2.38. The van der Waals surface area contributed by atoms with Crippen molar-refractivity contribution in [3.8, 4) is 0 Å². The van der Waals surface area contributed by atoms with Gasteiger partial charge in [-0.2, -0.15) is 0 Å². The van der Waals surface area contributed by atoms with Gasteiger partial charge in [0.05, 0.1) is 16.6 Å². The van der Waals surface area contributed by atoms with Crippen molar-refractivity contribution in [3.05, 3.63) is 44.5 Å². The lowest BCUT2D eigenvalue weighted by Crippen LogP contribution is -2.38. The molecule has 1 aliphatic carbocycles. The molecule has 1 aromatic carbocycles. The van der Waals surface area contributed by atoms with E-state index in [0.717, 1.165) is 12.8 Å². The summed E-state index contributed by atoms with van der Waals surface area (Å²) >= 11 is 0. The molecule has 0 spiro atoms. The van der Waals surface area contributed by atoms with Crippen LogP contribution in [0.1, 0.15) is 30.1 Å². The summed E-state index contributed by atoms with van der Waals surface area (Å²) in [7, 11) is 0. The maximum atomic E-state index is 12.1. The zero-order valence-corrected chi connectivity index (χ0v) is 11.0. The summed E-state index contributed by atoms with van der Waals surface area (Å²) < 4.78 is 1.31. The third-order valence-electron chi connectivity index (χ3n) is 3.87. The molecule has 0 unspecified atom stereocenters. The van der Waals surface area contributed by atoms with Gasteiger partial charge < -0.3 is 14.7 Å². The van der Waals surface area contributed by atoms with Crippen LogP contribution >= 0.6 is 0 Å². The van der Waals surface area contributed by atoms with Crippen LogP contribution in [0.5, 0.6) is 0 Å². The lowest BCUT2D eigenvalue weighted by molar-refractivity contribution is 0.0698. The molecule has 20 heavy (non-hydrogen) atoms. The van der Waals surface area contributed by atoms with Crippen molar-refractivity contribution in [1.29, 1.82) is 0 Å². The fraction of sp³-hybridized carbons (Fsp3) is 0.357. The zero-order valence-electron chi connectivity index (χ0n) is 11.0. The standard InChI is InChI=1S/C14H14N2O4/c1-14(5-6-14)7-16-10-8(13(19)20)3-2-4-9(10)15-11(17)12(16)18/h2-4H,5-7H2,1H3,(H,15,17)(H,19,20). The molecule has 0 saturated heterocycles. The normalized spacial score (nSPS) is 16.2. The van der Waals surface area contributed by atoms with E-state index in [1.54, 1.807) is 12.1 Å². The lowest BCUT2D eigenvalue weighted by atomic mass is 10.1. The van der Waals surface area contributed by atoms with Gasteiger partial charge in [-0.3, -0.25) is 9.59 Å². The third-order valence-corrected chi connectivity index (χ3v) is 3.87. The number of nitrogens with one attached hydrogen (secondary N) is 1. The minimum absolute atomic E-state index is 0.0177. The molecule has 2 N–H and O–H groups in total. The van der Waals surface area contributed by atoms with Crippen LogP contribution in [0.4, 0.5) is 0 Å². The molecule has 1 fully saturated rings. The first-order valence-electron chi connectivity index (χ1n) is 6.40. The first kappa shape index (κ1) is 12.7. The van der Waals surface area contributed by atoms with Gasteiger partial charge in [-0.25, -0.2) is 4.79 Å². The molecule has 1 aromatic heterocycles. The van der Waals surface area contributed by atoms with Gasteiger partial charge in [-0.05, 0) is 30.4 Å². The van der Waals surface area contributed by atoms with E-state index in [4.69, 9.17) is 0 Å². The van der Waals surface area contributed by atoms with Crippen LogP contribution < -0.4 is 11.1 Å². The molecular formula is C14H14N2O4. The number of H-pyrrole nitrogens is 1. The van der Waals surface area contributed by atoms with Crippen LogP contribution in [-0.4, -0.2) is 20.6 Å². The predicted octanol–water partition coefficient (Wildman–Crippen LogP) is 1.19. The van der Waals surface area contributed by atoms with Gasteiger partial charge >= 0.3 is 17.1 Å². The van der Waals surface area contributed by atoms with Gasteiger partial charge in [0.1, 0.15) is 0 Å². The Labute approximate surface area is 113 Å². The second kappa shape index (κ2) is 4.06. The summed E-state index contributed by atoms with van der Waals surface area (Å²) in [5, 5.41) is 9.27. The molecule has 1 heterocycles. The number of aromatic carboxylic acids is 1. The fourth-order valence-corrected chi connectivity index (χ4v) is 2.41. The Hall–Kier alpha value is -2.37. The summed E-state index contributed by atoms with van der Waals surface area (Å²) in [6.07, 6.45) is 1.95. The van der Waals surface area contributed by atoms with Gasteiger partial charge in [0, 0.05) is 6.54 Å². The molecule has 3 rings (SSSR count). The fourth-order valence-electron chi connectivity index (χ4n) is 2.41. The van der Waals surface area contributed by atoms with E-state index in [1.165, 1.54) is 10.6 Å². The maximum absolute atomic E-state index is 12.1. The van der Waals surface area contributed by atoms with Crippen LogP contribution in [-0.2, 0) is 6.54 Å². The van der Waals surface area contributed by atoms with Gasteiger partial charge in [-0.15, -0.1) is 0 Å². The van der Waals surface area contributed by atoms with Crippen molar-refractivity contribution in [2.75, 3.05) is 0 Å². The Bertz CT molecular complexity index is 827. The summed E-state index contributed by atoms with van der Waals surface area (Å²) in [5.41, 5.74) is -0.740. The van der Waals surface area contributed by atoms with Crippen LogP contribution in [0.2, 0.25) is 0 Å². The van der Waals surface area contributed by atoms with Gasteiger partial charge in [0.25, 0.3) is 0 Å². The largest absolute Gasteiger partial charge is 0.478 e. The Morgan fingerprint density at radius 2 is 2.10 bits per heavy atom. The number of para-hydroxylation sites is 1. The number of carboxylic acids is 1. The van der Waals surface area contributed by atoms with Crippen molar-refractivity contribution >= 4 is 17.0 Å². The highest BCUT2D eigenvalue weighted by molar-refractivity contribution is 6.00. The van der Waals surface area contributed by atoms with E-state index in [1.807, 2.05) is 6.92 Å². The predicted molar refractivity (Wildman–Crippen MR) is 73.1 cm³/mol. The van der Waals surface area contributed by atoms with E-state index in [-0.39, 0.29) is 16.5 Å². The monoisotopic (exact) mass is 274 g/mol. The molecule has 6 nitrogen and oxygen atoms in total. The van der Waals surface area contributed by atoms with Gasteiger partial charge in [-0.1, -0.05) is 13.0 Å². The number of aromatic nitrogens is 2. The summed E-state index contributed by atoms with van der Waals surface area (Å²) in [4.78, 5) is 37.6. The molecule has 6 heteroatoms. The van der Waals surface area contributed by atoms with Crippen molar-refractivity contribution in [2.45, 2.75) is 26.3 Å². The summed E-state index contributed by atoms with van der Waals surface area (Å²) in [6, 6.07) is 4.60. The number of fused-ring (bicyclic) bond motifs is 1. The number of rotatable bonds is 3. The molecule has 1 aliphatic rings. The van der Waals surface area contributed by atoms with E-state index in [9.17, 15) is 19.5 Å². The maximum Gasteiger partial charge on any atom is 0.337 e. The number of benzene rings is 1. The van der Waals surface area contributed by atoms with Crippen LogP contribution in [0.15, 0.2) is 27.8 Å². The SMILES string of the molecule is CC1(Cn2c(=O)c(=O)[nH]c3cccc(C(=O)O)c32)CC1. The van der Waals surface area contributed by atoms with E-state index in [0.29, 0.717) is 12.1 Å². The quantitative estimate of drug-likeness (QED) is 0.822. The molecule has 0 radical (unpaired) electrons. The first-order valence-corrected chi connectivity index (χ1v) is 6.40. The summed E-state index contributed by atoms with van der Waals surface area (Å²) in [5.74, 6) is -1.11. The summed E-state index contributed by atoms with van der Waals surface area (Å²) in [6.45, 7) is 2.40. The third kappa shape index (κ3) is 1.93. The Kier molecular flexibility index (Phi) is 2.57. The molecule has 2 aromatic rings. The minimum atomic E-state index is -1.11. The average molecular weight is 274 g/mol. The highest BCUT2D eigenvalue weighted by atomic mass is 16.4. The number of nitrogens with zero attached hydrogens (tertiary/aromatic N) is 1. The second-order valence-electron chi connectivity index (χ2n) is 5.66. The molecule has 104 valence electrons. The highest BCUT2D eigenvalue weighted by Crippen LogP contribution is 2.46. The van der Waals surface area contributed by atoms with Crippen LogP contribution in [0.25, 0.3) is 11.0 Å². The molecule has 0 atom stereocenters. The van der Waals surface area contributed by atoms with Crippen molar-refractivity contribution in [2.24, 2.45) is 5.41 Å².